The number of rotatable bonds is 3. The molecule has 3 N–H and O–H groups in total. The molecule has 1 aromatic carbocycles. The minimum Gasteiger partial charge on any atom is -0.508 e. The standard InChI is InChI=1S/C11H17NO/c1-8-9(2)11(13)6-5-10(8)4-3-7-12/h5-6,13H,3-4,7,12H2,1-2H3. The van der Waals surface area contributed by atoms with Crippen molar-refractivity contribution in [3.05, 3.63) is 28.8 Å². The zero-order valence-electron chi connectivity index (χ0n) is 8.30. The second-order valence-electron chi connectivity index (χ2n) is 3.39. The topological polar surface area (TPSA) is 46.2 Å². The molecule has 1 aromatic rings. The molecule has 0 aliphatic rings. The Kier molecular flexibility index (Phi) is 3.32. The van der Waals surface area contributed by atoms with Gasteiger partial charge < -0.3 is 10.8 Å². The monoisotopic (exact) mass is 179 g/mol. The summed E-state index contributed by atoms with van der Waals surface area (Å²) >= 11 is 0. The van der Waals surface area contributed by atoms with Gasteiger partial charge >= 0.3 is 0 Å². The van der Waals surface area contributed by atoms with Crippen LogP contribution in [0.3, 0.4) is 0 Å². The number of phenols is 1. The van der Waals surface area contributed by atoms with Crippen LogP contribution in [0.1, 0.15) is 23.1 Å². The van der Waals surface area contributed by atoms with Gasteiger partial charge in [-0.2, -0.15) is 0 Å². The van der Waals surface area contributed by atoms with E-state index in [2.05, 4.69) is 0 Å². The summed E-state index contributed by atoms with van der Waals surface area (Å²) in [7, 11) is 0. The first-order chi connectivity index (χ1) is 6.16. The molecule has 0 aromatic heterocycles. The molecule has 0 bridgehead atoms. The van der Waals surface area contributed by atoms with Crippen molar-refractivity contribution in [1.82, 2.24) is 0 Å². The van der Waals surface area contributed by atoms with E-state index in [1.807, 2.05) is 19.9 Å². The fourth-order valence-corrected chi connectivity index (χ4v) is 1.43. The Balaban J connectivity index is 2.90. The Labute approximate surface area is 79.4 Å². The van der Waals surface area contributed by atoms with E-state index in [-0.39, 0.29) is 0 Å². The van der Waals surface area contributed by atoms with E-state index in [1.54, 1.807) is 6.07 Å². The molecule has 13 heavy (non-hydrogen) atoms. The zero-order valence-corrected chi connectivity index (χ0v) is 8.30. The minimum absolute atomic E-state index is 0.383. The quantitative estimate of drug-likeness (QED) is 0.744. The second-order valence-corrected chi connectivity index (χ2v) is 3.39. The van der Waals surface area contributed by atoms with E-state index in [9.17, 15) is 5.11 Å². The number of aromatic hydroxyl groups is 1. The average molecular weight is 179 g/mol. The number of benzene rings is 1. The van der Waals surface area contributed by atoms with Crippen LogP contribution in [0.2, 0.25) is 0 Å². The molecule has 0 aliphatic heterocycles. The lowest BCUT2D eigenvalue weighted by Gasteiger charge is -2.09. The lowest BCUT2D eigenvalue weighted by molar-refractivity contribution is 0.470. The van der Waals surface area contributed by atoms with E-state index < -0.39 is 0 Å². The van der Waals surface area contributed by atoms with Gasteiger partial charge in [-0.25, -0.2) is 0 Å². The third-order valence-electron chi connectivity index (χ3n) is 2.52. The van der Waals surface area contributed by atoms with Crippen LogP contribution < -0.4 is 5.73 Å². The SMILES string of the molecule is Cc1c(O)ccc(CCCN)c1C. The highest BCUT2D eigenvalue weighted by atomic mass is 16.3. The maximum absolute atomic E-state index is 9.43. The van der Waals surface area contributed by atoms with E-state index in [4.69, 9.17) is 5.73 Å². The third kappa shape index (κ3) is 2.22. The Bertz CT molecular complexity index is 294. The number of hydrogen-bond acceptors (Lipinski definition) is 2. The van der Waals surface area contributed by atoms with Gasteiger partial charge in [-0.05, 0) is 56.0 Å². The molecule has 1 rings (SSSR count). The van der Waals surface area contributed by atoms with Gasteiger partial charge in [0.2, 0.25) is 0 Å². The van der Waals surface area contributed by atoms with Crippen molar-refractivity contribution in [2.45, 2.75) is 26.7 Å². The van der Waals surface area contributed by atoms with E-state index in [0.717, 1.165) is 24.9 Å². The van der Waals surface area contributed by atoms with Gasteiger partial charge in [0.05, 0.1) is 0 Å². The van der Waals surface area contributed by atoms with Crippen LogP contribution in [0.4, 0.5) is 0 Å². The normalized spacial score (nSPS) is 10.4. The zero-order chi connectivity index (χ0) is 9.84. The average Bonchev–Trinajstić information content (AvgIpc) is 2.13. The maximum atomic E-state index is 9.43. The Morgan fingerprint density at radius 2 is 1.92 bits per heavy atom. The molecule has 0 aliphatic carbocycles. The van der Waals surface area contributed by atoms with Gasteiger partial charge in [0, 0.05) is 0 Å². The second kappa shape index (κ2) is 4.28. The summed E-state index contributed by atoms with van der Waals surface area (Å²) in [6, 6.07) is 3.74. The first kappa shape index (κ1) is 10.1. The van der Waals surface area contributed by atoms with Crippen molar-refractivity contribution in [3.63, 3.8) is 0 Å². The van der Waals surface area contributed by atoms with Crippen LogP contribution in [0.25, 0.3) is 0 Å². The van der Waals surface area contributed by atoms with Crippen LogP contribution >= 0.6 is 0 Å². The van der Waals surface area contributed by atoms with Crippen molar-refractivity contribution in [3.8, 4) is 5.75 Å². The Hall–Kier alpha value is -1.02. The van der Waals surface area contributed by atoms with Crippen molar-refractivity contribution < 1.29 is 5.11 Å². The van der Waals surface area contributed by atoms with Crippen molar-refractivity contribution in [1.29, 1.82) is 0 Å². The predicted molar refractivity (Wildman–Crippen MR) is 55.0 cm³/mol. The number of nitrogens with two attached hydrogens (primary N) is 1. The first-order valence-electron chi connectivity index (χ1n) is 4.65. The molecule has 0 saturated carbocycles. The first-order valence-corrected chi connectivity index (χ1v) is 4.65. The molecule has 0 spiro atoms. The molecule has 0 atom stereocenters. The van der Waals surface area contributed by atoms with E-state index >= 15 is 0 Å². The van der Waals surface area contributed by atoms with Crippen LogP contribution in [-0.2, 0) is 6.42 Å². The van der Waals surface area contributed by atoms with Crippen LogP contribution in [0, 0.1) is 13.8 Å². The minimum atomic E-state index is 0.383. The lowest BCUT2D eigenvalue weighted by Crippen LogP contribution is -2.01. The third-order valence-corrected chi connectivity index (χ3v) is 2.52. The summed E-state index contributed by atoms with van der Waals surface area (Å²) in [6.45, 7) is 4.71. The predicted octanol–water partition coefficient (Wildman–Crippen LogP) is 1.90. The van der Waals surface area contributed by atoms with Crippen molar-refractivity contribution in [2.24, 2.45) is 5.73 Å². The molecule has 72 valence electrons. The summed E-state index contributed by atoms with van der Waals surface area (Å²) in [6.07, 6.45) is 2.01. The largest absolute Gasteiger partial charge is 0.508 e. The highest BCUT2D eigenvalue weighted by Crippen LogP contribution is 2.23. The Morgan fingerprint density at radius 3 is 2.54 bits per heavy atom. The van der Waals surface area contributed by atoms with Gasteiger partial charge in [0.15, 0.2) is 0 Å². The molecular formula is C11H17NO. The van der Waals surface area contributed by atoms with Gasteiger partial charge in [-0.1, -0.05) is 6.07 Å². The van der Waals surface area contributed by atoms with Crippen molar-refractivity contribution >= 4 is 0 Å². The number of hydrogen-bond donors (Lipinski definition) is 2. The maximum Gasteiger partial charge on any atom is 0.118 e. The number of aryl methyl sites for hydroxylation is 1. The summed E-state index contributed by atoms with van der Waals surface area (Å²) in [5.41, 5.74) is 8.91. The summed E-state index contributed by atoms with van der Waals surface area (Å²) < 4.78 is 0. The van der Waals surface area contributed by atoms with E-state index in [0.29, 0.717) is 5.75 Å². The highest BCUT2D eigenvalue weighted by molar-refractivity contribution is 5.42. The smallest absolute Gasteiger partial charge is 0.118 e. The van der Waals surface area contributed by atoms with Crippen LogP contribution in [-0.4, -0.2) is 11.7 Å². The molecular weight excluding hydrogens is 162 g/mol. The molecule has 0 fully saturated rings. The molecule has 0 amide bonds. The number of phenolic OH excluding ortho intramolecular Hbond substituents is 1. The molecule has 0 heterocycles. The summed E-state index contributed by atoms with van der Waals surface area (Å²) in [4.78, 5) is 0. The van der Waals surface area contributed by atoms with Crippen LogP contribution in [0.15, 0.2) is 12.1 Å². The molecule has 2 nitrogen and oxygen atoms in total. The Morgan fingerprint density at radius 1 is 1.23 bits per heavy atom. The van der Waals surface area contributed by atoms with Crippen molar-refractivity contribution in [2.75, 3.05) is 6.54 Å². The molecule has 0 unspecified atom stereocenters. The fourth-order valence-electron chi connectivity index (χ4n) is 1.43. The van der Waals surface area contributed by atoms with Gasteiger partial charge in [-0.3, -0.25) is 0 Å². The molecule has 0 radical (unpaired) electrons. The van der Waals surface area contributed by atoms with E-state index in [1.165, 1.54) is 11.1 Å². The molecule has 0 saturated heterocycles. The van der Waals surface area contributed by atoms with Crippen LogP contribution in [0.5, 0.6) is 5.75 Å². The molecule has 2 heteroatoms. The lowest BCUT2D eigenvalue weighted by atomic mass is 9.99. The van der Waals surface area contributed by atoms with Gasteiger partial charge in [-0.15, -0.1) is 0 Å². The van der Waals surface area contributed by atoms with Gasteiger partial charge in [0.25, 0.3) is 0 Å². The summed E-state index contributed by atoms with van der Waals surface area (Å²) in [5.74, 6) is 0.383. The van der Waals surface area contributed by atoms with Gasteiger partial charge in [0.1, 0.15) is 5.75 Å². The summed E-state index contributed by atoms with van der Waals surface area (Å²) in [5, 5.41) is 9.43. The fraction of sp³-hybridized carbons (Fsp3) is 0.455. The highest BCUT2D eigenvalue weighted by Gasteiger charge is 2.04.